The summed E-state index contributed by atoms with van der Waals surface area (Å²) in [6, 6.07) is 10.8. The molecular weight excluding hydrogens is 470 g/mol. The van der Waals surface area contributed by atoms with Crippen LogP contribution in [0.2, 0.25) is 5.02 Å². The molecule has 0 spiro atoms. The van der Waals surface area contributed by atoms with Gasteiger partial charge >= 0.3 is 12.1 Å². The number of esters is 1. The molecule has 2 aromatic carbocycles. The molecule has 4 rings (SSSR count). The zero-order valence-corrected chi connectivity index (χ0v) is 21.6. The van der Waals surface area contributed by atoms with E-state index in [0.717, 1.165) is 18.4 Å². The first kappa shape index (κ1) is 25.2. The van der Waals surface area contributed by atoms with Gasteiger partial charge in [-0.1, -0.05) is 23.7 Å². The summed E-state index contributed by atoms with van der Waals surface area (Å²) in [5, 5.41) is 0.359. The van der Waals surface area contributed by atoms with Crippen molar-refractivity contribution in [2.24, 2.45) is 0 Å². The van der Waals surface area contributed by atoms with Gasteiger partial charge in [0.25, 0.3) is 5.79 Å². The first-order valence-corrected chi connectivity index (χ1v) is 12.3. The first-order chi connectivity index (χ1) is 16.5. The Bertz CT molecular complexity index is 1120. The zero-order valence-electron chi connectivity index (χ0n) is 20.9. The fourth-order valence-electron chi connectivity index (χ4n) is 4.50. The van der Waals surface area contributed by atoms with Gasteiger partial charge < -0.3 is 23.8 Å². The average molecular weight is 502 g/mol. The van der Waals surface area contributed by atoms with Crippen LogP contribution in [0.15, 0.2) is 36.4 Å². The van der Waals surface area contributed by atoms with Crippen molar-refractivity contribution in [2.45, 2.75) is 64.8 Å². The molecule has 0 bridgehead atoms. The highest BCUT2D eigenvalue weighted by Gasteiger charge is 2.42. The molecule has 8 heteroatoms. The topological polar surface area (TPSA) is 74.3 Å². The molecule has 0 aromatic heterocycles. The molecule has 1 unspecified atom stereocenters. The van der Waals surface area contributed by atoms with Crippen LogP contribution in [0.5, 0.6) is 11.5 Å². The number of carbonyl (C=O) groups excluding carboxylic acids is 2. The third-order valence-corrected chi connectivity index (χ3v) is 6.48. The van der Waals surface area contributed by atoms with Gasteiger partial charge in [0.1, 0.15) is 5.60 Å². The quantitative estimate of drug-likeness (QED) is 0.459. The van der Waals surface area contributed by atoms with Crippen molar-refractivity contribution in [2.75, 3.05) is 19.7 Å². The number of piperidine rings is 1. The van der Waals surface area contributed by atoms with E-state index in [0.29, 0.717) is 40.7 Å². The molecule has 35 heavy (non-hydrogen) atoms. The van der Waals surface area contributed by atoms with E-state index in [-0.39, 0.29) is 18.6 Å². The molecule has 188 valence electrons. The smallest absolute Gasteiger partial charge is 0.410 e. The molecule has 1 saturated heterocycles. The average Bonchev–Trinajstić information content (AvgIpc) is 3.15. The lowest BCUT2D eigenvalue weighted by molar-refractivity contribution is -0.0684. The van der Waals surface area contributed by atoms with Crippen molar-refractivity contribution in [3.8, 4) is 11.5 Å². The number of hydrogen-bond acceptors (Lipinski definition) is 6. The van der Waals surface area contributed by atoms with Gasteiger partial charge in [0.05, 0.1) is 22.8 Å². The number of amides is 1. The molecule has 0 saturated carbocycles. The third kappa shape index (κ3) is 5.35. The van der Waals surface area contributed by atoms with Crippen molar-refractivity contribution in [1.82, 2.24) is 4.90 Å². The van der Waals surface area contributed by atoms with Crippen LogP contribution in [0, 0.1) is 0 Å². The first-order valence-electron chi connectivity index (χ1n) is 12.0. The zero-order chi connectivity index (χ0) is 25.4. The van der Waals surface area contributed by atoms with Gasteiger partial charge in [0.15, 0.2) is 11.5 Å². The van der Waals surface area contributed by atoms with E-state index in [2.05, 4.69) is 0 Å². The summed E-state index contributed by atoms with van der Waals surface area (Å²) in [5.41, 5.74) is 1.53. The van der Waals surface area contributed by atoms with Crippen LogP contribution in [0.25, 0.3) is 0 Å². The van der Waals surface area contributed by atoms with Crippen LogP contribution < -0.4 is 9.47 Å². The lowest BCUT2D eigenvalue weighted by atomic mass is 9.89. The highest BCUT2D eigenvalue weighted by molar-refractivity contribution is 6.31. The van der Waals surface area contributed by atoms with Crippen LogP contribution in [-0.4, -0.2) is 42.3 Å². The van der Waals surface area contributed by atoms with Gasteiger partial charge in [-0.2, -0.15) is 0 Å². The predicted molar refractivity (Wildman–Crippen MR) is 132 cm³/mol. The minimum absolute atomic E-state index is 0.219. The molecule has 0 N–H and O–H groups in total. The monoisotopic (exact) mass is 501 g/mol. The van der Waals surface area contributed by atoms with Gasteiger partial charge in [-0.3, -0.25) is 0 Å². The number of nitrogens with zero attached hydrogens (tertiary/aromatic N) is 1. The maximum absolute atomic E-state index is 12.4. The second-order valence-corrected chi connectivity index (χ2v) is 10.4. The van der Waals surface area contributed by atoms with Crippen LogP contribution in [0.3, 0.4) is 0 Å². The molecule has 2 aliphatic heterocycles. The summed E-state index contributed by atoms with van der Waals surface area (Å²) in [6.45, 7) is 10.7. The Labute approximate surface area is 211 Å². The number of fused-ring (bicyclic) bond motifs is 1. The number of benzene rings is 2. The number of rotatable bonds is 4. The largest absolute Gasteiger partial charge is 0.462 e. The summed E-state index contributed by atoms with van der Waals surface area (Å²) in [4.78, 5) is 26.3. The van der Waals surface area contributed by atoms with Gasteiger partial charge in [-0.05, 0) is 70.7 Å². The number of carbonyl (C=O) groups is 2. The Hall–Kier alpha value is -2.93. The van der Waals surface area contributed by atoms with Crippen LogP contribution in [-0.2, 0) is 15.3 Å². The van der Waals surface area contributed by atoms with Crippen molar-refractivity contribution >= 4 is 23.7 Å². The van der Waals surface area contributed by atoms with Gasteiger partial charge in [-0.25, -0.2) is 9.59 Å². The molecule has 0 aliphatic carbocycles. The van der Waals surface area contributed by atoms with Gasteiger partial charge in [0, 0.05) is 25.6 Å². The number of halogens is 1. The fraction of sp³-hybridized carbons (Fsp3) is 0.481. The van der Waals surface area contributed by atoms with E-state index in [1.165, 1.54) is 0 Å². The second-order valence-electron chi connectivity index (χ2n) is 9.98. The summed E-state index contributed by atoms with van der Waals surface area (Å²) in [5.74, 6) is -0.0137. The van der Waals surface area contributed by atoms with E-state index in [9.17, 15) is 9.59 Å². The normalized spacial score (nSPS) is 20.0. The second kappa shape index (κ2) is 9.61. The third-order valence-electron chi connectivity index (χ3n) is 6.17. The van der Waals surface area contributed by atoms with Crippen molar-refractivity contribution in [3.63, 3.8) is 0 Å². The Morgan fingerprint density at radius 3 is 2.49 bits per heavy atom. The van der Waals surface area contributed by atoms with Gasteiger partial charge in [0.2, 0.25) is 0 Å². The maximum Gasteiger partial charge on any atom is 0.410 e. The molecular formula is C27H32ClNO6. The fourth-order valence-corrected chi connectivity index (χ4v) is 4.86. The van der Waals surface area contributed by atoms with Crippen molar-refractivity contribution in [1.29, 1.82) is 0 Å². The Morgan fingerprint density at radius 2 is 1.86 bits per heavy atom. The molecule has 1 atom stereocenters. The number of likely N-dealkylation sites (tertiary alicyclic amines) is 1. The molecule has 2 aliphatic rings. The lowest BCUT2D eigenvalue weighted by Gasteiger charge is -2.34. The van der Waals surface area contributed by atoms with Gasteiger partial charge in [-0.15, -0.1) is 0 Å². The number of para-hydroxylation sites is 1. The predicted octanol–water partition coefficient (Wildman–Crippen LogP) is 6.28. The summed E-state index contributed by atoms with van der Waals surface area (Å²) in [6.07, 6.45) is 1.32. The van der Waals surface area contributed by atoms with E-state index in [1.54, 1.807) is 30.0 Å². The van der Waals surface area contributed by atoms with Crippen molar-refractivity contribution < 1.29 is 28.5 Å². The Balaban J connectivity index is 1.50. The van der Waals surface area contributed by atoms with Crippen LogP contribution in [0.1, 0.15) is 74.9 Å². The summed E-state index contributed by atoms with van der Waals surface area (Å²) >= 11 is 6.55. The van der Waals surface area contributed by atoms with E-state index in [4.69, 9.17) is 30.5 Å². The van der Waals surface area contributed by atoms with Crippen LogP contribution in [0.4, 0.5) is 4.79 Å². The standard InChI is InChI=1S/C27H32ClNO6/c1-6-32-24(30)18-10-11-20(21(28)16-18)27(5)33-22-9-7-8-19(23(22)34-27)17-12-14-29(15-13-17)25(31)35-26(2,3)4/h7-11,16-17H,6,12-15H2,1-5H3. The lowest BCUT2D eigenvalue weighted by Crippen LogP contribution is -2.41. The van der Waals surface area contributed by atoms with E-state index in [1.807, 2.05) is 45.9 Å². The summed E-state index contributed by atoms with van der Waals surface area (Å²) in [7, 11) is 0. The van der Waals surface area contributed by atoms with E-state index < -0.39 is 17.4 Å². The maximum atomic E-state index is 12.4. The SMILES string of the molecule is CCOC(=O)c1ccc(C2(C)Oc3cccc(C4CCN(C(=O)OC(C)(C)C)CC4)c3O2)c(Cl)c1. The molecule has 2 heterocycles. The molecule has 2 aromatic rings. The minimum Gasteiger partial charge on any atom is -0.462 e. The molecule has 7 nitrogen and oxygen atoms in total. The number of hydrogen-bond donors (Lipinski definition) is 0. The molecule has 1 amide bonds. The molecule has 0 radical (unpaired) electrons. The number of ether oxygens (including phenoxy) is 4. The summed E-state index contributed by atoms with van der Waals surface area (Å²) < 4.78 is 23.2. The van der Waals surface area contributed by atoms with E-state index >= 15 is 0 Å². The highest BCUT2D eigenvalue weighted by Crippen LogP contribution is 2.50. The highest BCUT2D eigenvalue weighted by atomic mass is 35.5. The molecule has 1 fully saturated rings. The Kier molecular flexibility index (Phi) is 6.91. The van der Waals surface area contributed by atoms with Crippen molar-refractivity contribution in [3.05, 3.63) is 58.1 Å². The Morgan fingerprint density at radius 1 is 1.14 bits per heavy atom. The minimum atomic E-state index is -1.14. The van der Waals surface area contributed by atoms with Crippen LogP contribution >= 0.6 is 11.6 Å².